The zero-order valence-electron chi connectivity index (χ0n) is 21.2. The zero-order chi connectivity index (χ0) is 26.4. The Kier molecular flexibility index (Phi) is 8.53. The average molecular weight is 504 g/mol. The van der Waals surface area contributed by atoms with Crippen molar-refractivity contribution < 1.29 is 19.6 Å². The minimum Gasteiger partial charge on any atom is -0.482 e. The van der Waals surface area contributed by atoms with Gasteiger partial charge in [0.05, 0.1) is 17.6 Å². The van der Waals surface area contributed by atoms with E-state index in [1.54, 1.807) is 13.0 Å². The molecular formula is C29H33N3O5. The number of aliphatic hydroxyl groups is 1. The van der Waals surface area contributed by atoms with Crippen LogP contribution in [0.5, 0.6) is 5.75 Å². The number of hydrogen-bond acceptors (Lipinski definition) is 6. The van der Waals surface area contributed by atoms with Gasteiger partial charge in [-0.2, -0.15) is 0 Å². The van der Waals surface area contributed by atoms with Crippen molar-refractivity contribution in [2.24, 2.45) is 0 Å². The number of amides is 1. The summed E-state index contributed by atoms with van der Waals surface area (Å²) >= 11 is 0. The second-order valence-electron chi connectivity index (χ2n) is 9.52. The maximum absolute atomic E-state index is 12.6. The second kappa shape index (κ2) is 12.0. The number of nitrogens with one attached hydrogen (secondary N) is 1. The SMILES string of the molecule is Cc1c(COc2ccc(CN3CCC[C@H]3C(=O)N[C@@H](C)CO)cc2[N+](=O)[O-])cccc1-c1ccccc1. The second-order valence-corrected chi connectivity index (χ2v) is 9.52. The summed E-state index contributed by atoms with van der Waals surface area (Å²) in [6, 6.07) is 20.4. The molecule has 8 heteroatoms. The normalized spacial score (nSPS) is 16.4. The number of hydrogen-bond donors (Lipinski definition) is 2. The van der Waals surface area contributed by atoms with Gasteiger partial charge in [0, 0.05) is 18.7 Å². The number of carbonyl (C=O) groups is 1. The molecule has 1 amide bonds. The van der Waals surface area contributed by atoms with Gasteiger partial charge in [0.25, 0.3) is 0 Å². The molecule has 1 heterocycles. The van der Waals surface area contributed by atoms with Crippen LogP contribution in [0.15, 0.2) is 66.7 Å². The third kappa shape index (κ3) is 6.34. The highest BCUT2D eigenvalue weighted by molar-refractivity contribution is 5.82. The Morgan fingerprint density at radius 2 is 1.97 bits per heavy atom. The third-order valence-electron chi connectivity index (χ3n) is 6.85. The largest absolute Gasteiger partial charge is 0.482 e. The van der Waals surface area contributed by atoms with Gasteiger partial charge in [-0.1, -0.05) is 54.6 Å². The molecule has 0 aliphatic carbocycles. The first-order valence-electron chi connectivity index (χ1n) is 12.6. The highest BCUT2D eigenvalue weighted by atomic mass is 16.6. The number of aliphatic hydroxyl groups excluding tert-OH is 1. The molecule has 1 saturated heterocycles. The van der Waals surface area contributed by atoms with Crippen LogP contribution in [0.3, 0.4) is 0 Å². The molecule has 1 aliphatic heterocycles. The topological polar surface area (TPSA) is 105 Å². The molecule has 4 rings (SSSR count). The lowest BCUT2D eigenvalue weighted by molar-refractivity contribution is -0.386. The molecule has 3 aromatic rings. The summed E-state index contributed by atoms with van der Waals surface area (Å²) in [6.07, 6.45) is 1.59. The summed E-state index contributed by atoms with van der Waals surface area (Å²) in [5.41, 5.74) is 4.89. The zero-order valence-corrected chi connectivity index (χ0v) is 21.2. The Balaban J connectivity index is 1.48. The van der Waals surface area contributed by atoms with Crippen LogP contribution in [0.2, 0.25) is 0 Å². The predicted octanol–water partition coefficient (Wildman–Crippen LogP) is 4.61. The molecule has 2 N–H and O–H groups in total. The molecule has 0 bridgehead atoms. The highest BCUT2D eigenvalue weighted by Gasteiger charge is 2.31. The lowest BCUT2D eigenvalue weighted by Gasteiger charge is -2.25. The van der Waals surface area contributed by atoms with Crippen molar-refractivity contribution in [3.8, 4) is 16.9 Å². The molecule has 1 aliphatic rings. The van der Waals surface area contributed by atoms with Gasteiger partial charge in [0.1, 0.15) is 6.61 Å². The van der Waals surface area contributed by atoms with E-state index in [0.717, 1.165) is 40.8 Å². The van der Waals surface area contributed by atoms with E-state index < -0.39 is 4.92 Å². The van der Waals surface area contributed by atoms with E-state index in [9.17, 15) is 20.0 Å². The van der Waals surface area contributed by atoms with Crippen LogP contribution in [0, 0.1) is 17.0 Å². The first kappa shape index (κ1) is 26.3. The Bertz CT molecular complexity index is 1250. The summed E-state index contributed by atoms with van der Waals surface area (Å²) in [5, 5.41) is 23.9. The van der Waals surface area contributed by atoms with Crippen molar-refractivity contribution in [2.75, 3.05) is 13.2 Å². The average Bonchev–Trinajstić information content (AvgIpc) is 3.37. The number of rotatable bonds is 10. The van der Waals surface area contributed by atoms with Gasteiger partial charge in [-0.25, -0.2) is 0 Å². The number of carbonyl (C=O) groups excluding carboxylic acids is 1. The highest BCUT2D eigenvalue weighted by Crippen LogP contribution is 2.32. The van der Waals surface area contributed by atoms with Gasteiger partial charge < -0.3 is 15.2 Å². The van der Waals surface area contributed by atoms with Crippen LogP contribution in [0.1, 0.15) is 36.5 Å². The fraction of sp³-hybridized carbons (Fsp3) is 0.345. The van der Waals surface area contributed by atoms with Crippen LogP contribution in [0.25, 0.3) is 11.1 Å². The molecule has 0 aromatic heterocycles. The van der Waals surface area contributed by atoms with Crippen molar-refractivity contribution in [3.05, 3.63) is 93.5 Å². The first-order chi connectivity index (χ1) is 17.9. The van der Waals surface area contributed by atoms with Crippen molar-refractivity contribution in [2.45, 2.75) is 51.9 Å². The van der Waals surface area contributed by atoms with Crippen molar-refractivity contribution in [3.63, 3.8) is 0 Å². The molecule has 194 valence electrons. The number of nitro benzene ring substituents is 1. The first-order valence-corrected chi connectivity index (χ1v) is 12.6. The third-order valence-corrected chi connectivity index (χ3v) is 6.85. The summed E-state index contributed by atoms with van der Waals surface area (Å²) in [7, 11) is 0. The number of likely N-dealkylation sites (tertiary alicyclic amines) is 1. The molecule has 0 unspecified atom stereocenters. The quantitative estimate of drug-likeness (QED) is 0.309. The predicted molar refractivity (Wildman–Crippen MR) is 142 cm³/mol. The van der Waals surface area contributed by atoms with E-state index in [0.29, 0.717) is 13.0 Å². The standard InChI is InChI=1S/C29H33N3O5/c1-20(18-33)30-29(34)26-12-7-15-31(26)17-22-13-14-28(27(16-22)32(35)36)37-19-24-10-6-11-25(21(24)2)23-8-4-3-5-9-23/h3-6,8-11,13-14,16,20,26,33H,7,12,15,17-19H2,1-2H3,(H,30,34)/t20-,26-/m0/s1. The summed E-state index contributed by atoms with van der Waals surface area (Å²) in [6.45, 7) is 5.02. The molecule has 8 nitrogen and oxygen atoms in total. The van der Waals surface area contributed by atoms with Gasteiger partial charge in [0.15, 0.2) is 5.75 Å². The Morgan fingerprint density at radius 3 is 2.70 bits per heavy atom. The molecule has 2 atom stereocenters. The Hall–Kier alpha value is -3.75. The molecular weight excluding hydrogens is 470 g/mol. The summed E-state index contributed by atoms with van der Waals surface area (Å²) in [5.74, 6) is 0.0901. The molecule has 37 heavy (non-hydrogen) atoms. The molecule has 0 radical (unpaired) electrons. The van der Waals surface area contributed by atoms with E-state index in [1.165, 1.54) is 6.07 Å². The number of ether oxygens (including phenoxy) is 1. The van der Waals surface area contributed by atoms with Gasteiger partial charge in [-0.05, 0) is 67.1 Å². The van der Waals surface area contributed by atoms with Crippen molar-refractivity contribution in [1.29, 1.82) is 0 Å². The summed E-state index contributed by atoms with van der Waals surface area (Å²) in [4.78, 5) is 26.1. The molecule has 3 aromatic carbocycles. The monoisotopic (exact) mass is 503 g/mol. The lowest BCUT2D eigenvalue weighted by Crippen LogP contribution is -2.46. The fourth-order valence-corrected chi connectivity index (χ4v) is 4.78. The molecule has 0 saturated carbocycles. The maximum Gasteiger partial charge on any atom is 0.311 e. The van der Waals surface area contributed by atoms with E-state index in [1.807, 2.05) is 48.2 Å². The molecule has 0 spiro atoms. The maximum atomic E-state index is 12.6. The number of nitro groups is 1. The van der Waals surface area contributed by atoms with Crippen LogP contribution in [-0.2, 0) is 17.9 Å². The summed E-state index contributed by atoms with van der Waals surface area (Å²) < 4.78 is 5.95. The van der Waals surface area contributed by atoms with Gasteiger partial charge in [0.2, 0.25) is 5.91 Å². The Labute approximate surface area is 217 Å². The van der Waals surface area contributed by atoms with E-state index in [2.05, 4.69) is 23.5 Å². The minimum atomic E-state index is -0.427. The minimum absolute atomic E-state index is 0.0940. The van der Waals surface area contributed by atoms with E-state index in [4.69, 9.17) is 4.74 Å². The van der Waals surface area contributed by atoms with Crippen molar-refractivity contribution >= 4 is 11.6 Å². The van der Waals surface area contributed by atoms with E-state index in [-0.39, 0.29) is 42.6 Å². The van der Waals surface area contributed by atoms with Crippen LogP contribution in [0.4, 0.5) is 5.69 Å². The fourth-order valence-electron chi connectivity index (χ4n) is 4.78. The number of nitrogens with zero attached hydrogens (tertiary/aromatic N) is 2. The van der Waals surface area contributed by atoms with Crippen LogP contribution in [-0.4, -0.2) is 46.1 Å². The van der Waals surface area contributed by atoms with Crippen LogP contribution >= 0.6 is 0 Å². The smallest absolute Gasteiger partial charge is 0.311 e. The number of benzene rings is 3. The Morgan fingerprint density at radius 1 is 1.19 bits per heavy atom. The van der Waals surface area contributed by atoms with Crippen LogP contribution < -0.4 is 10.1 Å². The van der Waals surface area contributed by atoms with Gasteiger partial charge in [-0.15, -0.1) is 0 Å². The van der Waals surface area contributed by atoms with E-state index >= 15 is 0 Å². The van der Waals surface area contributed by atoms with Crippen molar-refractivity contribution in [1.82, 2.24) is 10.2 Å². The van der Waals surface area contributed by atoms with Gasteiger partial charge in [-0.3, -0.25) is 19.8 Å². The molecule has 1 fully saturated rings. The lowest BCUT2D eigenvalue weighted by atomic mass is 9.97. The van der Waals surface area contributed by atoms with Gasteiger partial charge >= 0.3 is 5.69 Å².